The van der Waals surface area contributed by atoms with Crippen molar-refractivity contribution >= 4 is 0 Å². The molecule has 0 aliphatic heterocycles. The van der Waals surface area contributed by atoms with Crippen molar-refractivity contribution in [3.8, 4) is 22.4 Å². The zero-order valence-corrected chi connectivity index (χ0v) is 14.1. The summed E-state index contributed by atoms with van der Waals surface area (Å²) in [5.41, 5.74) is 3.39. The van der Waals surface area contributed by atoms with E-state index in [0.29, 0.717) is 5.56 Å². The first kappa shape index (κ1) is 16.5. The van der Waals surface area contributed by atoms with Gasteiger partial charge < -0.3 is 4.98 Å². The van der Waals surface area contributed by atoms with Gasteiger partial charge in [0.05, 0.1) is 0 Å². The van der Waals surface area contributed by atoms with Crippen molar-refractivity contribution in [3.05, 3.63) is 78.0 Å². The summed E-state index contributed by atoms with van der Waals surface area (Å²) in [6, 6.07) is 16.2. The second-order valence-corrected chi connectivity index (χ2v) is 4.81. The maximum Gasteiger partial charge on any atom is 0.165 e. The Morgan fingerprint density at radius 3 is 2.59 bits per heavy atom. The van der Waals surface area contributed by atoms with Crippen LogP contribution in [0.4, 0.5) is 8.78 Å². The van der Waals surface area contributed by atoms with Gasteiger partial charge in [0.1, 0.15) is 0 Å². The fourth-order valence-electron chi connectivity index (χ4n) is 2.14. The first-order valence-corrected chi connectivity index (χ1v) is 6.54. The Morgan fingerprint density at radius 1 is 1.05 bits per heavy atom. The van der Waals surface area contributed by atoms with Crippen LogP contribution in [0.1, 0.15) is 5.56 Å². The Hall–Kier alpha value is -1.90. The first-order valence-electron chi connectivity index (χ1n) is 6.54. The molecular weight excluding hydrogens is 460 g/mol. The number of benzene rings is 2. The number of aryl methyl sites for hydroxylation is 1. The smallest absolute Gasteiger partial charge is 0.165 e. The topological polar surface area (TPSA) is 12.9 Å². The third-order valence-electron chi connectivity index (χ3n) is 3.25. The van der Waals surface area contributed by atoms with E-state index in [4.69, 9.17) is 0 Å². The largest absolute Gasteiger partial charge is 0.304 e. The van der Waals surface area contributed by atoms with Crippen molar-refractivity contribution in [2.75, 3.05) is 0 Å². The molecule has 0 atom stereocenters. The molecule has 0 aliphatic rings. The molecule has 3 aromatic rings. The van der Waals surface area contributed by atoms with Gasteiger partial charge in [0.2, 0.25) is 0 Å². The molecule has 0 amide bonds. The number of hydrogen-bond donors (Lipinski definition) is 0. The van der Waals surface area contributed by atoms with Crippen molar-refractivity contribution in [2.45, 2.75) is 6.92 Å². The summed E-state index contributed by atoms with van der Waals surface area (Å²) in [5, 5.41) is 0. The predicted octanol–water partition coefficient (Wildman–Crippen LogP) is 4.80. The van der Waals surface area contributed by atoms with E-state index >= 15 is 0 Å². The van der Waals surface area contributed by atoms with E-state index in [-0.39, 0.29) is 25.7 Å². The van der Waals surface area contributed by atoms with E-state index < -0.39 is 11.6 Å². The summed E-state index contributed by atoms with van der Waals surface area (Å²) in [6.45, 7) is 1.96. The number of nitrogens with zero attached hydrogens (tertiary/aromatic N) is 1. The van der Waals surface area contributed by atoms with Crippen molar-refractivity contribution in [2.24, 2.45) is 0 Å². The quantitative estimate of drug-likeness (QED) is 0.489. The molecule has 0 N–H and O–H groups in total. The van der Waals surface area contributed by atoms with Crippen LogP contribution in [0, 0.1) is 24.6 Å². The number of rotatable bonds is 2. The monoisotopic (exact) mass is 473 g/mol. The van der Waals surface area contributed by atoms with Gasteiger partial charge in [-0.05, 0) is 24.2 Å². The SMILES string of the molecule is Cc1ccc(-c2[c-]ccc(-c3cccc(F)c3F)c2)nc1.[Ir]. The molecule has 1 radical (unpaired) electrons. The van der Waals surface area contributed by atoms with Gasteiger partial charge in [0.25, 0.3) is 0 Å². The van der Waals surface area contributed by atoms with E-state index in [9.17, 15) is 8.78 Å². The summed E-state index contributed by atoms with van der Waals surface area (Å²) in [5.74, 6) is -1.69. The Bertz CT molecular complexity index is 785. The minimum Gasteiger partial charge on any atom is -0.304 e. The number of pyridine rings is 1. The van der Waals surface area contributed by atoms with E-state index in [1.54, 1.807) is 30.5 Å². The summed E-state index contributed by atoms with van der Waals surface area (Å²) >= 11 is 0. The number of halogens is 2. The van der Waals surface area contributed by atoms with E-state index in [1.807, 2.05) is 19.1 Å². The molecule has 0 bridgehead atoms. The van der Waals surface area contributed by atoms with Crippen LogP contribution in [0.15, 0.2) is 54.7 Å². The molecule has 22 heavy (non-hydrogen) atoms. The maximum absolute atomic E-state index is 13.9. The standard InChI is InChI=1S/C18H12F2N.Ir/c1-12-8-9-17(21-11-12)14-5-2-4-13(10-14)15-6-3-7-16(19)18(15)20;/h2-4,6-11H,1H3;/q-1;. The molecule has 1 heterocycles. The fraction of sp³-hybridized carbons (Fsp3) is 0.0556. The molecule has 0 saturated carbocycles. The first-order chi connectivity index (χ1) is 10.1. The molecule has 0 unspecified atom stereocenters. The molecule has 0 aliphatic carbocycles. The maximum atomic E-state index is 13.9. The molecule has 0 spiro atoms. The third kappa shape index (κ3) is 3.29. The van der Waals surface area contributed by atoms with Gasteiger partial charge in [-0.1, -0.05) is 29.8 Å². The Kier molecular flexibility index (Phi) is 5.17. The summed E-state index contributed by atoms with van der Waals surface area (Å²) in [7, 11) is 0. The van der Waals surface area contributed by atoms with Crippen LogP contribution in [0.2, 0.25) is 0 Å². The van der Waals surface area contributed by atoms with Crippen molar-refractivity contribution in [3.63, 3.8) is 0 Å². The van der Waals surface area contributed by atoms with Crippen LogP contribution in [0.5, 0.6) is 0 Å². The van der Waals surface area contributed by atoms with Gasteiger partial charge in [0.15, 0.2) is 11.6 Å². The zero-order valence-electron chi connectivity index (χ0n) is 11.7. The van der Waals surface area contributed by atoms with E-state index in [1.165, 1.54) is 6.07 Å². The zero-order chi connectivity index (χ0) is 14.8. The van der Waals surface area contributed by atoms with Gasteiger partial charge >= 0.3 is 0 Å². The van der Waals surface area contributed by atoms with E-state index in [2.05, 4.69) is 11.1 Å². The van der Waals surface area contributed by atoms with Crippen LogP contribution >= 0.6 is 0 Å². The van der Waals surface area contributed by atoms with Gasteiger partial charge in [0, 0.05) is 31.9 Å². The van der Waals surface area contributed by atoms with Crippen molar-refractivity contribution in [1.82, 2.24) is 4.98 Å². The average Bonchev–Trinajstić information content (AvgIpc) is 2.51. The van der Waals surface area contributed by atoms with Crippen LogP contribution in [-0.2, 0) is 20.1 Å². The molecule has 1 aromatic heterocycles. The Morgan fingerprint density at radius 2 is 1.86 bits per heavy atom. The second-order valence-electron chi connectivity index (χ2n) is 4.81. The molecule has 0 saturated heterocycles. The summed E-state index contributed by atoms with van der Waals surface area (Å²) in [4.78, 5) is 4.32. The van der Waals surface area contributed by atoms with Crippen LogP contribution in [0.3, 0.4) is 0 Å². The van der Waals surface area contributed by atoms with Gasteiger partial charge in [-0.15, -0.1) is 29.8 Å². The molecule has 113 valence electrons. The fourth-order valence-corrected chi connectivity index (χ4v) is 2.14. The number of hydrogen-bond acceptors (Lipinski definition) is 1. The van der Waals surface area contributed by atoms with Gasteiger partial charge in [-0.25, -0.2) is 8.78 Å². The third-order valence-corrected chi connectivity index (χ3v) is 3.25. The molecule has 1 nitrogen and oxygen atoms in total. The summed E-state index contributed by atoms with van der Waals surface area (Å²) in [6.07, 6.45) is 1.76. The molecule has 3 rings (SSSR count). The van der Waals surface area contributed by atoms with E-state index in [0.717, 1.165) is 22.9 Å². The molecule has 2 aromatic carbocycles. The van der Waals surface area contributed by atoms with Crippen molar-refractivity contribution in [1.29, 1.82) is 0 Å². The minimum atomic E-state index is -0.852. The van der Waals surface area contributed by atoms with Crippen LogP contribution in [-0.4, -0.2) is 4.98 Å². The normalized spacial score (nSPS) is 10.1. The van der Waals surface area contributed by atoms with Crippen LogP contribution in [0.25, 0.3) is 22.4 Å². The average molecular weight is 473 g/mol. The second kappa shape index (κ2) is 6.91. The predicted molar refractivity (Wildman–Crippen MR) is 78.6 cm³/mol. The Balaban J connectivity index is 0.00000176. The minimum absolute atomic E-state index is 0. The molecule has 4 heteroatoms. The number of aromatic nitrogens is 1. The Labute approximate surface area is 141 Å². The molecule has 0 fully saturated rings. The van der Waals surface area contributed by atoms with Gasteiger partial charge in [-0.2, -0.15) is 0 Å². The summed E-state index contributed by atoms with van der Waals surface area (Å²) < 4.78 is 27.2. The molecular formula is C18H12F2IrN-. The van der Waals surface area contributed by atoms with Gasteiger partial charge in [-0.3, -0.25) is 0 Å². The van der Waals surface area contributed by atoms with Crippen LogP contribution < -0.4 is 0 Å². The van der Waals surface area contributed by atoms with Crippen molar-refractivity contribution < 1.29 is 28.9 Å².